The Morgan fingerprint density at radius 2 is 1.96 bits per heavy atom. The fourth-order valence-corrected chi connectivity index (χ4v) is 2.31. The number of nitrogens with one attached hydrogen (secondary N) is 2. The van der Waals surface area contributed by atoms with Crippen LogP contribution in [0.15, 0.2) is 48.8 Å². The summed E-state index contributed by atoms with van der Waals surface area (Å²) in [6.07, 6.45) is 3.35. The summed E-state index contributed by atoms with van der Waals surface area (Å²) in [5, 5.41) is 10.3. The van der Waals surface area contributed by atoms with Crippen LogP contribution in [-0.2, 0) is 0 Å². The zero-order valence-electron chi connectivity index (χ0n) is 12.3. The lowest BCUT2D eigenvalue weighted by Crippen LogP contribution is -2.27. The van der Waals surface area contributed by atoms with Gasteiger partial charge >= 0.3 is 0 Å². The molecule has 3 aromatic rings. The molecule has 0 saturated heterocycles. The van der Waals surface area contributed by atoms with E-state index in [1.807, 2.05) is 19.1 Å². The zero-order valence-corrected chi connectivity index (χ0v) is 13.1. The van der Waals surface area contributed by atoms with Gasteiger partial charge < -0.3 is 5.32 Å². The molecule has 2 aromatic heterocycles. The highest BCUT2D eigenvalue weighted by Crippen LogP contribution is 2.18. The lowest BCUT2D eigenvalue weighted by molar-refractivity contribution is 0.0938. The Bertz CT molecular complexity index is 818. The number of pyridine rings is 1. The van der Waals surface area contributed by atoms with Gasteiger partial charge in [0.15, 0.2) is 5.82 Å². The van der Waals surface area contributed by atoms with E-state index in [1.54, 1.807) is 36.7 Å². The monoisotopic (exact) mass is 327 g/mol. The van der Waals surface area contributed by atoms with E-state index in [4.69, 9.17) is 11.6 Å². The number of aromatic amines is 1. The maximum absolute atomic E-state index is 12.3. The smallest absolute Gasteiger partial charge is 0.253 e. The number of carbonyl (C=O) groups excluding carboxylic acids is 1. The molecule has 2 N–H and O–H groups in total. The van der Waals surface area contributed by atoms with E-state index in [-0.39, 0.29) is 11.9 Å². The number of hydrogen-bond donors (Lipinski definition) is 2. The molecular weight excluding hydrogens is 314 g/mol. The predicted molar refractivity (Wildman–Crippen MR) is 86.9 cm³/mol. The summed E-state index contributed by atoms with van der Waals surface area (Å²) in [5.74, 6) is 0.864. The average molecular weight is 328 g/mol. The summed E-state index contributed by atoms with van der Waals surface area (Å²) in [4.78, 5) is 20.6. The summed E-state index contributed by atoms with van der Waals surface area (Å²) in [5.41, 5.74) is 1.28. The molecule has 0 bridgehead atoms. The number of nitrogens with zero attached hydrogens (tertiary/aromatic N) is 3. The molecule has 0 spiro atoms. The van der Waals surface area contributed by atoms with Gasteiger partial charge in [-0.15, -0.1) is 0 Å². The van der Waals surface area contributed by atoms with Crippen molar-refractivity contribution in [3.8, 4) is 11.4 Å². The Labute approximate surface area is 137 Å². The molecule has 1 amide bonds. The van der Waals surface area contributed by atoms with Crippen LogP contribution in [0.25, 0.3) is 11.4 Å². The molecule has 2 heterocycles. The molecule has 0 aliphatic carbocycles. The van der Waals surface area contributed by atoms with Crippen molar-refractivity contribution in [2.45, 2.75) is 13.0 Å². The fraction of sp³-hybridized carbons (Fsp3) is 0.125. The molecule has 0 aliphatic rings. The summed E-state index contributed by atoms with van der Waals surface area (Å²) >= 11 is 6.03. The number of halogens is 1. The second-order valence-corrected chi connectivity index (χ2v) is 5.36. The number of amides is 1. The Morgan fingerprint density at radius 3 is 2.70 bits per heavy atom. The van der Waals surface area contributed by atoms with Gasteiger partial charge in [0.2, 0.25) is 0 Å². The predicted octanol–water partition coefficient (Wildman–Crippen LogP) is 3.01. The first kappa shape index (κ1) is 15.2. The Kier molecular flexibility index (Phi) is 4.34. The van der Waals surface area contributed by atoms with E-state index < -0.39 is 0 Å². The highest BCUT2D eigenvalue weighted by molar-refractivity contribution is 6.33. The van der Waals surface area contributed by atoms with Gasteiger partial charge in [0.25, 0.3) is 5.91 Å². The van der Waals surface area contributed by atoms with Crippen LogP contribution in [0.4, 0.5) is 0 Å². The van der Waals surface area contributed by atoms with Crippen LogP contribution in [0.1, 0.15) is 29.1 Å². The van der Waals surface area contributed by atoms with Crippen LogP contribution in [0.2, 0.25) is 5.02 Å². The van der Waals surface area contributed by atoms with Gasteiger partial charge in [-0.3, -0.25) is 14.9 Å². The maximum Gasteiger partial charge on any atom is 0.253 e. The van der Waals surface area contributed by atoms with Crippen LogP contribution >= 0.6 is 11.6 Å². The van der Waals surface area contributed by atoms with Crippen molar-refractivity contribution in [2.24, 2.45) is 0 Å². The molecule has 0 unspecified atom stereocenters. The van der Waals surface area contributed by atoms with E-state index in [1.165, 1.54) is 0 Å². The van der Waals surface area contributed by atoms with E-state index in [9.17, 15) is 4.79 Å². The highest BCUT2D eigenvalue weighted by atomic mass is 35.5. The topological polar surface area (TPSA) is 83.6 Å². The number of H-pyrrole nitrogens is 1. The van der Waals surface area contributed by atoms with Crippen LogP contribution in [0.3, 0.4) is 0 Å². The van der Waals surface area contributed by atoms with Gasteiger partial charge in [-0.2, -0.15) is 5.10 Å². The number of rotatable bonds is 4. The van der Waals surface area contributed by atoms with Crippen molar-refractivity contribution >= 4 is 17.5 Å². The van der Waals surface area contributed by atoms with Gasteiger partial charge in [0.05, 0.1) is 16.6 Å². The van der Waals surface area contributed by atoms with Crippen LogP contribution < -0.4 is 5.32 Å². The van der Waals surface area contributed by atoms with E-state index in [2.05, 4.69) is 25.5 Å². The first-order valence-electron chi connectivity index (χ1n) is 7.03. The molecule has 116 valence electrons. The molecule has 3 rings (SSSR count). The minimum atomic E-state index is -0.332. The second-order valence-electron chi connectivity index (χ2n) is 4.96. The third-order valence-electron chi connectivity index (χ3n) is 3.32. The van der Waals surface area contributed by atoms with Crippen molar-refractivity contribution in [3.05, 3.63) is 65.2 Å². The quantitative estimate of drug-likeness (QED) is 0.771. The molecule has 7 heteroatoms. The van der Waals surface area contributed by atoms with Crippen LogP contribution in [0.5, 0.6) is 0 Å². The summed E-state index contributed by atoms with van der Waals surface area (Å²) < 4.78 is 0. The van der Waals surface area contributed by atoms with Crippen molar-refractivity contribution in [1.29, 1.82) is 0 Å². The van der Waals surface area contributed by atoms with Gasteiger partial charge in [-0.05, 0) is 31.2 Å². The van der Waals surface area contributed by atoms with Crippen molar-refractivity contribution < 1.29 is 4.79 Å². The van der Waals surface area contributed by atoms with Gasteiger partial charge in [0, 0.05) is 18.0 Å². The Hall–Kier alpha value is -2.73. The van der Waals surface area contributed by atoms with Crippen LogP contribution in [0, 0.1) is 0 Å². The molecular formula is C16H14ClN5O. The normalized spacial score (nSPS) is 11.9. The van der Waals surface area contributed by atoms with Crippen molar-refractivity contribution in [3.63, 3.8) is 0 Å². The van der Waals surface area contributed by atoms with Crippen molar-refractivity contribution in [1.82, 2.24) is 25.5 Å². The SMILES string of the molecule is C[C@@H](NC(=O)c1ccccc1Cl)c1nc(-c2ccncc2)n[nH]1. The van der Waals surface area contributed by atoms with E-state index in [0.29, 0.717) is 22.2 Å². The lowest BCUT2D eigenvalue weighted by atomic mass is 10.2. The molecule has 0 saturated carbocycles. The molecule has 0 radical (unpaired) electrons. The summed E-state index contributed by atoms with van der Waals surface area (Å²) in [7, 11) is 0. The third-order valence-corrected chi connectivity index (χ3v) is 3.65. The lowest BCUT2D eigenvalue weighted by Gasteiger charge is -2.11. The number of carbonyl (C=O) groups is 1. The van der Waals surface area contributed by atoms with E-state index >= 15 is 0 Å². The third kappa shape index (κ3) is 3.37. The Balaban J connectivity index is 1.74. The van der Waals surface area contributed by atoms with Gasteiger partial charge in [0.1, 0.15) is 5.82 Å². The number of aromatic nitrogens is 4. The second kappa shape index (κ2) is 6.58. The Morgan fingerprint density at radius 1 is 1.22 bits per heavy atom. The number of hydrogen-bond acceptors (Lipinski definition) is 4. The highest BCUT2D eigenvalue weighted by Gasteiger charge is 2.17. The van der Waals surface area contributed by atoms with E-state index in [0.717, 1.165) is 5.56 Å². The minimum Gasteiger partial charge on any atom is -0.342 e. The standard InChI is InChI=1S/C16H14ClN5O/c1-10(19-16(23)12-4-2-3-5-13(12)17)14-20-15(22-21-14)11-6-8-18-9-7-11/h2-10H,1H3,(H,19,23)(H,20,21,22)/t10-/m1/s1. The average Bonchev–Trinajstić information content (AvgIpc) is 3.06. The molecule has 23 heavy (non-hydrogen) atoms. The summed E-state index contributed by atoms with van der Waals surface area (Å²) in [6, 6.07) is 10.2. The number of benzene rings is 1. The van der Waals surface area contributed by atoms with Gasteiger partial charge in [-0.25, -0.2) is 4.98 Å². The zero-order chi connectivity index (χ0) is 16.2. The molecule has 1 aromatic carbocycles. The largest absolute Gasteiger partial charge is 0.342 e. The first-order valence-corrected chi connectivity index (χ1v) is 7.41. The molecule has 6 nitrogen and oxygen atoms in total. The van der Waals surface area contributed by atoms with Crippen LogP contribution in [-0.4, -0.2) is 26.1 Å². The molecule has 0 aliphatic heterocycles. The fourth-order valence-electron chi connectivity index (χ4n) is 2.09. The first-order chi connectivity index (χ1) is 11.1. The van der Waals surface area contributed by atoms with Crippen molar-refractivity contribution in [2.75, 3.05) is 0 Å². The maximum atomic E-state index is 12.3. The molecule has 0 fully saturated rings. The van der Waals surface area contributed by atoms with Gasteiger partial charge in [-0.1, -0.05) is 23.7 Å². The minimum absolute atomic E-state index is 0.259. The molecule has 1 atom stereocenters. The summed E-state index contributed by atoms with van der Waals surface area (Å²) in [6.45, 7) is 1.82.